The summed E-state index contributed by atoms with van der Waals surface area (Å²) in [6.07, 6.45) is 0. The van der Waals surface area contributed by atoms with Crippen LogP contribution < -0.4 is 11.5 Å². The summed E-state index contributed by atoms with van der Waals surface area (Å²) in [6, 6.07) is 4.45. The number of halogens is 1. The molecule has 0 radical (unpaired) electrons. The number of benzene rings is 1. The molecule has 0 bridgehead atoms. The first-order chi connectivity index (χ1) is 10.1. The number of nitro groups is 1. The van der Waals surface area contributed by atoms with Crippen molar-refractivity contribution in [3.05, 3.63) is 33.9 Å². The van der Waals surface area contributed by atoms with Crippen LogP contribution >= 0.6 is 12.4 Å². The van der Waals surface area contributed by atoms with Gasteiger partial charge >= 0.3 is 0 Å². The van der Waals surface area contributed by atoms with Gasteiger partial charge in [-0.05, 0) is 12.1 Å². The summed E-state index contributed by atoms with van der Waals surface area (Å²) in [5.74, 6) is 0.284. The molecule has 1 aromatic carbocycles. The van der Waals surface area contributed by atoms with E-state index < -0.39 is 4.92 Å². The van der Waals surface area contributed by atoms with E-state index in [-0.39, 0.29) is 29.6 Å². The number of nitrogens with zero attached hydrogens (tertiary/aromatic N) is 3. The van der Waals surface area contributed by atoms with Crippen molar-refractivity contribution in [2.75, 3.05) is 45.1 Å². The van der Waals surface area contributed by atoms with Gasteiger partial charge in [0, 0.05) is 31.3 Å². The van der Waals surface area contributed by atoms with Crippen molar-refractivity contribution in [1.29, 1.82) is 0 Å². The third-order valence-corrected chi connectivity index (χ3v) is 3.32. The Bertz CT molecular complexity index is 546. The van der Waals surface area contributed by atoms with Gasteiger partial charge < -0.3 is 16.2 Å². The zero-order valence-electron chi connectivity index (χ0n) is 12.1. The molecule has 22 heavy (non-hydrogen) atoms. The summed E-state index contributed by atoms with van der Waals surface area (Å²) in [5, 5.41) is 10.8. The molecule has 4 N–H and O–H groups in total. The van der Waals surface area contributed by atoms with E-state index in [1.54, 1.807) is 6.07 Å². The van der Waals surface area contributed by atoms with Gasteiger partial charge in [-0.25, -0.2) is 0 Å². The zero-order valence-corrected chi connectivity index (χ0v) is 12.9. The first kappa shape index (κ1) is 18.1. The van der Waals surface area contributed by atoms with Crippen LogP contribution in [0.5, 0.6) is 0 Å². The van der Waals surface area contributed by atoms with Gasteiger partial charge in [0.15, 0.2) is 0 Å². The first-order valence-corrected chi connectivity index (χ1v) is 6.72. The molecule has 9 heteroatoms. The van der Waals surface area contributed by atoms with E-state index in [1.807, 2.05) is 0 Å². The number of nitrogens with two attached hydrogens (primary N) is 2. The van der Waals surface area contributed by atoms with Crippen molar-refractivity contribution in [1.82, 2.24) is 4.90 Å². The highest BCUT2D eigenvalue weighted by molar-refractivity contribution is 5.98. The van der Waals surface area contributed by atoms with E-state index >= 15 is 0 Å². The van der Waals surface area contributed by atoms with Gasteiger partial charge in [0.1, 0.15) is 11.5 Å². The van der Waals surface area contributed by atoms with E-state index in [0.29, 0.717) is 12.1 Å². The smallest absolute Gasteiger partial charge is 0.292 e. The molecule has 0 saturated carbocycles. The van der Waals surface area contributed by atoms with Gasteiger partial charge in [0.25, 0.3) is 5.69 Å². The average molecular weight is 330 g/mol. The summed E-state index contributed by atoms with van der Waals surface area (Å²) >= 11 is 0. The van der Waals surface area contributed by atoms with Gasteiger partial charge in [-0.1, -0.05) is 0 Å². The molecular weight excluding hydrogens is 310 g/mol. The van der Waals surface area contributed by atoms with Crippen LogP contribution in [0, 0.1) is 10.1 Å². The summed E-state index contributed by atoms with van der Waals surface area (Å²) in [6.45, 7) is 4.60. The molecule has 0 atom stereocenters. The van der Waals surface area contributed by atoms with Crippen molar-refractivity contribution in [3.63, 3.8) is 0 Å². The Morgan fingerprint density at radius 3 is 2.73 bits per heavy atom. The Hall–Kier alpha value is -1.90. The van der Waals surface area contributed by atoms with E-state index in [4.69, 9.17) is 16.2 Å². The SMILES string of the molecule is Cl.NC(=NCCN1CCOCC1)c1ccc(N)c([N+](=O)[O-])c1. The zero-order chi connectivity index (χ0) is 15.2. The molecule has 2 rings (SSSR count). The Morgan fingerprint density at radius 1 is 1.41 bits per heavy atom. The lowest BCUT2D eigenvalue weighted by molar-refractivity contribution is -0.383. The van der Waals surface area contributed by atoms with Crippen LogP contribution in [-0.4, -0.2) is 55.1 Å². The van der Waals surface area contributed by atoms with Crippen LogP contribution in [0.25, 0.3) is 0 Å². The molecular formula is C13H20ClN5O3. The summed E-state index contributed by atoms with van der Waals surface area (Å²) in [4.78, 5) is 16.8. The number of anilines is 1. The molecule has 8 nitrogen and oxygen atoms in total. The molecule has 1 saturated heterocycles. The van der Waals surface area contributed by atoms with Crippen molar-refractivity contribution in [3.8, 4) is 0 Å². The first-order valence-electron chi connectivity index (χ1n) is 6.72. The van der Waals surface area contributed by atoms with Crippen molar-refractivity contribution >= 4 is 29.6 Å². The van der Waals surface area contributed by atoms with Crippen LogP contribution in [0.3, 0.4) is 0 Å². The van der Waals surface area contributed by atoms with E-state index in [2.05, 4.69) is 9.89 Å². The molecule has 1 aromatic rings. The maximum Gasteiger partial charge on any atom is 0.292 e. The molecule has 0 unspecified atom stereocenters. The third-order valence-electron chi connectivity index (χ3n) is 3.32. The summed E-state index contributed by atoms with van der Waals surface area (Å²) in [5.41, 5.74) is 11.9. The minimum atomic E-state index is -0.528. The highest BCUT2D eigenvalue weighted by Gasteiger charge is 2.13. The second-order valence-electron chi connectivity index (χ2n) is 4.75. The number of ether oxygens (including phenoxy) is 1. The van der Waals surface area contributed by atoms with E-state index in [1.165, 1.54) is 12.1 Å². The summed E-state index contributed by atoms with van der Waals surface area (Å²) < 4.78 is 5.27. The number of morpholine rings is 1. The molecule has 1 heterocycles. The molecule has 1 aliphatic heterocycles. The van der Waals surface area contributed by atoms with E-state index in [9.17, 15) is 10.1 Å². The van der Waals surface area contributed by atoms with Crippen LogP contribution in [0.4, 0.5) is 11.4 Å². The predicted octanol–water partition coefficient (Wildman–Crippen LogP) is 0.636. The fraction of sp³-hybridized carbons (Fsp3) is 0.462. The van der Waals surface area contributed by atoms with Gasteiger partial charge in [-0.3, -0.25) is 20.0 Å². The second-order valence-corrected chi connectivity index (χ2v) is 4.75. The van der Waals surface area contributed by atoms with Crippen molar-refractivity contribution in [2.24, 2.45) is 10.7 Å². The van der Waals surface area contributed by atoms with Crippen LogP contribution in [-0.2, 0) is 4.74 Å². The molecule has 122 valence electrons. The number of rotatable bonds is 5. The molecule has 0 aliphatic carbocycles. The van der Waals surface area contributed by atoms with Gasteiger partial charge in [-0.15, -0.1) is 12.4 Å². The van der Waals surface area contributed by atoms with Gasteiger partial charge in [0.05, 0.1) is 24.7 Å². The second kappa shape index (κ2) is 8.52. The Balaban J connectivity index is 0.00000242. The fourth-order valence-corrected chi connectivity index (χ4v) is 2.09. The van der Waals surface area contributed by atoms with Crippen LogP contribution in [0.15, 0.2) is 23.2 Å². The minimum Gasteiger partial charge on any atom is -0.393 e. The standard InChI is InChI=1S/C13H19N5O3.ClH/c14-11-2-1-10(9-12(11)18(19)20)13(15)16-3-4-17-5-7-21-8-6-17;/h1-2,9H,3-8,14H2,(H2,15,16);1H. The largest absolute Gasteiger partial charge is 0.393 e. The van der Waals surface area contributed by atoms with Crippen molar-refractivity contribution < 1.29 is 9.66 Å². The van der Waals surface area contributed by atoms with Crippen LogP contribution in [0.2, 0.25) is 0 Å². The summed E-state index contributed by atoms with van der Waals surface area (Å²) in [7, 11) is 0. The predicted molar refractivity (Wildman–Crippen MR) is 87.6 cm³/mol. The van der Waals surface area contributed by atoms with Crippen molar-refractivity contribution in [2.45, 2.75) is 0 Å². The highest BCUT2D eigenvalue weighted by Crippen LogP contribution is 2.22. The molecule has 0 spiro atoms. The quantitative estimate of drug-likeness (QED) is 0.269. The number of amidine groups is 1. The normalized spacial score (nSPS) is 16.1. The number of nitrogen functional groups attached to an aromatic ring is 1. The lowest BCUT2D eigenvalue weighted by Crippen LogP contribution is -2.38. The van der Waals surface area contributed by atoms with Gasteiger partial charge in [-0.2, -0.15) is 0 Å². The third kappa shape index (κ3) is 4.83. The fourth-order valence-electron chi connectivity index (χ4n) is 2.09. The number of hydrogen-bond donors (Lipinski definition) is 2. The minimum absolute atomic E-state index is 0. The molecule has 1 fully saturated rings. The highest BCUT2D eigenvalue weighted by atomic mass is 35.5. The molecule has 0 amide bonds. The molecule has 1 aliphatic rings. The topological polar surface area (TPSA) is 120 Å². The Labute approximate surface area is 134 Å². The Morgan fingerprint density at radius 2 is 2.09 bits per heavy atom. The monoisotopic (exact) mass is 329 g/mol. The van der Waals surface area contributed by atoms with Gasteiger partial charge in [0.2, 0.25) is 0 Å². The maximum absolute atomic E-state index is 10.8. The lowest BCUT2D eigenvalue weighted by Gasteiger charge is -2.25. The van der Waals surface area contributed by atoms with Crippen LogP contribution in [0.1, 0.15) is 5.56 Å². The number of nitro benzene ring substituents is 1. The number of aliphatic imine (C=N–C) groups is 1. The van der Waals surface area contributed by atoms with E-state index in [0.717, 1.165) is 32.8 Å². The average Bonchev–Trinajstić information content (AvgIpc) is 2.48. The molecule has 0 aromatic heterocycles. The Kier molecular flexibility index (Phi) is 7.03. The lowest BCUT2D eigenvalue weighted by atomic mass is 10.1. The number of hydrogen-bond acceptors (Lipinski definition) is 6. The maximum atomic E-state index is 10.8.